The van der Waals surface area contributed by atoms with E-state index in [2.05, 4.69) is 11.1 Å². The second kappa shape index (κ2) is 8.41. The molecule has 4 aromatic rings. The maximum absolute atomic E-state index is 13.5. The van der Waals surface area contributed by atoms with E-state index in [0.717, 1.165) is 33.2 Å². The Bertz CT molecular complexity index is 1200. The Balaban J connectivity index is 1.69. The molecule has 0 saturated carbocycles. The zero-order valence-electron chi connectivity index (χ0n) is 16.6. The van der Waals surface area contributed by atoms with Crippen molar-refractivity contribution < 1.29 is 19.0 Å². The van der Waals surface area contributed by atoms with E-state index in [1.165, 1.54) is 12.1 Å². The molecule has 0 spiro atoms. The molecule has 0 aliphatic rings. The number of benzene rings is 3. The van der Waals surface area contributed by atoms with E-state index in [0.29, 0.717) is 12.2 Å². The van der Waals surface area contributed by atoms with Gasteiger partial charge in [0.15, 0.2) is 0 Å². The maximum atomic E-state index is 13.5. The molecule has 30 heavy (non-hydrogen) atoms. The van der Waals surface area contributed by atoms with Crippen LogP contribution in [0, 0.1) is 11.7 Å². The third-order valence-corrected chi connectivity index (χ3v) is 5.16. The first-order valence-electron chi connectivity index (χ1n) is 9.80. The highest BCUT2D eigenvalue weighted by atomic mass is 19.1. The van der Waals surface area contributed by atoms with Crippen molar-refractivity contribution in [2.45, 2.75) is 20.0 Å². The van der Waals surface area contributed by atoms with Crippen LogP contribution in [0.1, 0.15) is 18.1 Å². The number of halogens is 1. The van der Waals surface area contributed by atoms with Gasteiger partial charge in [0.05, 0.1) is 5.92 Å². The SMILES string of the molecule is CC(Cc1ccc(OCc2cccc(F)c2)c(-c2ccc3[nH]ccc3c2)c1)C(=O)O. The van der Waals surface area contributed by atoms with Crippen molar-refractivity contribution in [1.29, 1.82) is 0 Å². The molecule has 1 unspecified atom stereocenters. The molecular formula is C25H22FNO3. The van der Waals surface area contributed by atoms with Crippen molar-refractivity contribution in [3.63, 3.8) is 0 Å². The van der Waals surface area contributed by atoms with E-state index in [-0.39, 0.29) is 12.4 Å². The highest BCUT2D eigenvalue weighted by Crippen LogP contribution is 2.34. The Kier molecular flexibility index (Phi) is 5.53. The summed E-state index contributed by atoms with van der Waals surface area (Å²) in [7, 11) is 0. The smallest absolute Gasteiger partial charge is 0.306 e. The Morgan fingerprint density at radius 1 is 1.07 bits per heavy atom. The summed E-state index contributed by atoms with van der Waals surface area (Å²) in [4.78, 5) is 14.5. The van der Waals surface area contributed by atoms with Crippen LogP contribution in [0.2, 0.25) is 0 Å². The van der Waals surface area contributed by atoms with Crippen molar-refractivity contribution in [2.75, 3.05) is 0 Å². The molecule has 1 heterocycles. The van der Waals surface area contributed by atoms with Gasteiger partial charge in [-0.2, -0.15) is 0 Å². The number of nitrogens with one attached hydrogen (secondary N) is 1. The Labute approximate surface area is 173 Å². The highest BCUT2D eigenvalue weighted by Gasteiger charge is 2.15. The van der Waals surface area contributed by atoms with Crippen LogP contribution in [0.4, 0.5) is 4.39 Å². The number of carboxylic acids is 1. The van der Waals surface area contributed by atoms with Gasteiger partial charge in [-0.05, 0) is 71.0 Å². The largest absolute Gasteiger partial charge is 0.488 e. The number of carbonyl (C=O) groups is 1. The molecule has 0 fully saturated rings. The predicted molar refractivity (Wildman–Crippen MR) is 115 cm³/mol. The first-order chi connectivity index (χ1) is 14.5. The van der Waals surface area contributed by atoms with E-state index < -0.39 is 11.9 Å². The first kappa shape index (κ1) is 19.7. The summed E-state index contributed by atoms with van der Waals surface area (Å²) in [5, 5.41) is 10.3. The number of fused-ring (bicyclic) bond motifs is 1. The molecule has 152 valence electrons. The minimum Gasteiger partial charge on any atom is -0.488 e. The molecule has 0 amide bonds. The minimum absolute atomic E-state index is 0.238. The van der Waals surface area contributed by atoms with Gasteiger partial charge >= 0.3 is 5.97 Å². The lowest BCUT2D eigenvalue weighted by molar-refractivity contribution is -0.141. The Morgan fingerprint density at radius 2 is 1.93 bits per heavy atom. The average molecular weight is 403 g/mol. The van der Waals surface area contributed by atoms with Gasteiger partial charge in [-0.15, -0.1) is 0 Å². The number of aromatic nitrogens is 1. The molecule has 0 bridgehead atoms. The monoisotopic (exact) mass is 403 g/mol. The van der Waals surface area contributed by atoms with Crippen molar-refractivity contribution in [1.82, 2.24) is 4.98 Å². The average Bonchev–Trinajstić information content (AvgIpc) is 3.20. The van der Waals surface area contributed by atoms with Crippen molar-refractivity contribution in [3.05, 3.63) is 89.9 Å². The van der Waals surface area contributed by atoms with E-state index >= 15 is 0 Å². The van der Waals surface area contributed by atoms with Gasteiger partial charge in [-0.25, -0.2) is 4.39 Å². The summed E-state index contributed by atoms with van der Waals surface area (Å²) in [6.07, 6.45) is 2.32. The van der Waals surface area contributed by atoms with Crippen LogP contribution in [0.3, 0.4) is 0 Å². The lowest BCUT2D eigenvalue weighted by Crippen LogP contribution is -2.12. The van der Waals surface area contributed by atoms with Gasteiger partial charge in [0.2, 0.25) is 0 Å². The molecule has 0 saturated heterocycles. The topological polar surface area (TPSA) is 62.3 Å². The van der Waals surface area contributed by atoms with Gasteiger partial charge in [-0.3, -0.25) is 4.79 Å². The van der Waals surface area contributed by atoms with Gasteiger partial charge in [0.25, 0.3) is 0 Å². The fourth-order valence-corrected chi connectivity index (χ4v) is 3.51. The summed E-state index contributed by atoms with van der Waals surface area (Å²) in [5.41, 5.74) is 4.56. The number of hydrogen-bond donors (Lipinski definition) is 2. The van der Waals surface area contributed by atoms with Gasteiger partial charge in [0.1, 0.15) is 18.2 Å². The fraction of sp³-hybridized carbons (Fsp3) is 0.160. The second-order valence-electron chi connectivity index (χ2n) is 7.47. The molecule has 1 aromatic heterocycles. The number of aromatic amines is 1. The van der Waals surface area contributed by atoms with Gasteiger partial charge in [0, 0.05) is 17.3 Å². The molecule has 5 heteroatoms. The highest BCUT2D eigenvalue weighted by molar-refractivity contribution is 5.86. The van der Waals surface area contributed by atoms with Crippen LogP contribution in [-0.4, -0.2) is 16.1 Å². The molecule has 0 aliphatic carbocycles. The Hall–Kier alpha value is -3.60. The molecule has 4 nitrogen and oxygen atoms in total. The first-order valence-corrected chi connectivity index (χ1v) is 9.80. The van der Waals surface area contributed by atoms with Crippen molar-refractivity contribution in [3.8, 4) is 16.9 Å². The molecular weight excluding hydrogens is 381 g/mol. The second-order valence-corrected chi connectivity index (χ2v) is 7.47. The van der Waals surface area contributed by atoms with Crippen LogP contribution in [0.25, 0.3) is 22.0 Å². The molecule has 0 aliphatic heterocycles. The van der Waals surface area contributed by atoms with E-state index in [4.69, 9.17) is 4.74 Å². The number of carboxylic acid groups (broad SMARTS) is 1. The number of ether oxygens (including phenoxy) is 1. The Morgan fingerprint density at radius 3 is 2.73 bits per heavy atom. The molecule has 0 radical (unpaired) electrons. The maximum Gasteiger partial charge on any atom is 0.306 e. The van der Waals surface area contributed by atoms with Crippen LogP contribution in [0.5, 0.6) is 5.75 Å². The predicted octanol–water partition coefficient (Wildman–Crippen LogP) is 5.82. The molecule has 1 atom stereocenters. The number of H-pyrrole nitrogens is 1. The number of hydrogen-bond acceptors (Lipinski definition) is 2. The van der Waals surface area contributed by atoms with Crippen LogP contribution in [0.15, 0.2) is 72.9 Å². The summed E-state index contributed by atoms with van der Waals surface area (Å²) >= 11 is 0. The summed E-state index contributed by atoms with van der Waals surface area (Å²) in [6.45, 7) is 1.93. The lowest BCUT2D eigenvalue weighted by atomic mass is 9.96. The van der Waals surface area contributed by atoms with Crippen molar-refractivity contribution >= 4 is 16.9 Å². The fourth-order valence-electron chi connectivity index (χ4n) is 3.51. The van der Waals surface area contributed by atoms with E-state index in [1.807, 2.05) is 48.7 Å². The normalized spacial score (nSPS) is 12.1. The molecule has 4 rings (SSSR count). The van der Waals surface area contributed by atoms with Crippen LogP contribution >= 0.6 is 0 Å². The zero-order valence-corrected chi connectivity index (χ0v) is 16.6. The lowest BCUT2D eigenvalue weighted by Gasteiger charge is -2.15. The summed E-state index contributed by atoms with van der Waals surface area (Å²) in [5.74, 6) is -0.936. The minimum atomic E-state index is -0.822. The van der Waals surface area contributed by atoms with Gasteiger partial charge < -0.3 is 14.8 Å². The van der Waals surface area contributed by atoms with Crippen LogP contribution < -0.4 is 4.74 Å². The molecule has 2 N–H and O–H groups in total. The van der Waals surface area contributed by atoms with E-state index in [9.17, 15) is 14.3 Å². The van der Waals surface area contributed by atoms with Crippen molar-refractivity contribution in [2.24, 2.45) is 5.92 Å². The third-order valence-electron chi connectivity index (χ3n) is 5.16. The van der Waals surface area contributed by atoms with Crippen LogP contribution in [-0.2, 0) is 17.8 Å². The quantitative estimate of drug-likeness (QED) is 0.409. The molecule has 3 aromatic carbocycles. The van der Waals surface area contributed by atoms with E-state index in [1.54, 1.807) is 13.0 Å². The zero-order chi connectivity index (χ0) is 21.1. The van der Waals surface area contributed by atoms with Gasteiger partial charge in [-0.1, -0.05) is 31.2 Å². The number of aliphatic carboxylic acids is 1. The number of rotatable bonds is 7. The summed E-state index contributed by atoms with van der Waals surface area (Å²) in [6, 6.07) is 20.1. The standard InChI is InChI=1S/C25H22FNO3/c1-16(25(28)29)11-17-5-8-24(30-15-18-3-2-4-21(26)12-18)22(13-17)19-6-7-23-20(14-19)9-10-27-23/h2-10,12-14,16,27H,11,15H2,1H3,(H,28,29). The summed E-state index contributed by atoms with van der Waals surface area (Å²) < 4.78 is 19.5. The third kappa shape index (κ3) is 4.35.